The van der Waals surface area contributed by atoms with Gasteiger partial charge >= 0.3 is 11.9 Å². The summed E-state index contributed by atoms with van der Waals surface area (Å²) in [4.78, 5) is 23.4. The van der Waals surface area contributed by atoms with Crippen LogP contribution in [0.15, 0.2) is 11.6 Å². The molecule has 0 aromatic carbocycles. The molecule has 6 aliphatic rings. The molecule has 0 aromatic heterocycles. The number of rotatable bonds is 5. The third-order valence-electron chi connectivity index (χ3n) is 12.3. The number of ether oxygens (including phenoxy) is 5. The summed E-state index contributed by atoms with van der Waals surface area (Å²) in [5.41, 5.74) is -2.59. The van der Waals surface area contributed by atoms with E-state index in [-0.39, 0.29) is 35.9 Å². The van der Waals surface area contributed by atoms with E-state index in [4.69, 9.17) is 23.7 Å². The van der Waals surface area contributed by atoms with Gasteiger partial charge in [-0.25, -0.2) is 4.79 Å². The fourth-order valence-corrected chi connectivity index (χ4v) is 10.3. The van der Waals surface area contributed by atoms with Crippen LogP contribution in [0.4, 0.5) is 0 Å². The number of aliphatic hydroxyl groups is 2. The monoisotopic (exact) mass is 587 g/mol. The molecule has 0 amide bonds. The number of hydrogen-bond donors (Lipinski definition) is 2. The Bertz CT molecular complexity index is 1180. The van der Waals surface area contributed by atoms with Crippen molar-refractivity contribution in [2.75, 3.05) is 13.7 Å². The molecular weight excluding hydrogens is 542 g/mol. The normalized spacial score (nSPS) is 50.0. The van der Waals surface area contributed by atoms with Crippen molar-refractivity contribution in [3.05, 3.63) is 11.6 Å². The van der Waals surface area contributed by atoms with E-state index in [0.29, 0.717) is 51.6 Å². The summed E-state index contributed by atoms with van der Waals surface area (Å²) in [6, 6.07) is 2.62. The average molecular weight is 588 g/mol. The Labute approximate surface area is 247 Å². The molecule has 232 valence electrons. The lowest BCUT2D eigenvalue weighted by atomic mass is 9.41. The molecule has 10 heteroatoms. The highest BCUT2D eigenvalue weighted by atomic mass is 16.7. The van der Waals surface area contributed by atoms with Gasteiger partial charge in [0.2, 0.25) is 0 Å². The van der Waals surface area contributed by atoms with E-state index in [2.05, 4.69) is 13.0 Å². The topological polar surface area (TPSA) is 145 Å². The van der Waals surface area contributed by atoms with Crippen molar-refractivity contribution >= 4 is 11.9 Å². The summed E-state index contributed by atoms with van der Waals surface area (Å²) < 4.78 is 28.7. The van der Waals surface area contributed by atoms with Crippen molar-refractivity contribution < 1.29 is 43.5 Å². The van der Waals surface area contributed by atoms with Crippen LogP contribution in [0.1, 0.15) is 85.0 Å². The summed E-state index contributed by atoms with van der Waals surface area (Å²) in [6.07, 6.45) is 5.16. The first-order valence-electron chi connectivity index (χ1n) is 15.6. The molecule has 42 heavy (non-hydrogen) atoms. The van der Waals surface area contributed by atoms with E-state index >= 15 is 0 Å². The molecule has 1 saturated heterocycles. The van der Waals surface area contributed by atoms with Crippen molar-refractivity contribution in [3.63, 3.8) is 0 Å². The molecule has 0 aromatic rings. The lowest BCUT2D eigenvalue weighted by molar-refractivity contribution is -0.288. The number of esters is 2. The lowest BCUT2D eigenvalue weighted by Gasteiger charge is -2.64. The first kappa shape index (κ1) is 30.0. The number of cyclic esters (lactones) is 1. The highest BCUT2D eigenvalue weighted by molar-refractivity contribution is 5.85. The molecule has 2 aliphatic heterocycles. The maximum atomic E-state index is 12.4. The summed E-state index contributed by atoms with van der Waals surface area (Å²) in [5, 5.41) is 35.4. The van der Waals surface area contributed by atoms with Crippen LogP contribution < -0.4 is 0 Å². The number of nitrogens with zero attached hydrogens (tertiary/aromatic N) is 1. The number of nitriles is 1. The molecule has 5 fully saturated rings. The molecule has 12 atom stereocenters. The summed E-state index contributed by atoms with van der Waals surface area (Å²) in [6.45, 7) is 5.64. The van der Waals surface area contributed by atoms with Gasteiger partial charge in [0.05, 0.1) is 34.9 Å². The second kappa shape index (κ2) is 10.6. The Morgan fingerprint density at radius 1 is 1.12 bits per heavy atom. The van der Waals surface area contributed by atoms with Crippen LogP contribution in [0, 0.1) is 39.9 Å². The average Bonchev–Trinajstić information content (AvgIpc) is 3.48. The van der Waals surface area contributed by atoms with Gasteiger partial charge in [0.1, 0.15) is 12.7 Å². The Hall–Kier alpha value is -2.03. The molecule has 2 N–H and O–H groups in total. The third-order valence-corrected chi connectivity index (χ3v) is 12.3. The highest BCUT2D eigenvalue weighted by Crippen LogP contribution is 2.70. The lowest BCUT2D eigenvalue weighted by Crippen LogP contribution is -2.68. The maximum Gasteiger partial charge on any atom is 0.331 e. The summed E-state index contributed by atoms with van der Waals surface area (Å²) in [7, 11) is 1.58. The van der Waals surface area contributed by atoms with Gasteiger partial charge in [0.25, 0.3) is 0 Å². The van der Waals surface area contributed by atoms with E-state index in [1.165, 1.54) is 6.92 Å². The number of methoxy groups -OCH3 is 1. The zero-order valence-corrected chi connectivity index (χ0v) is 25.2. The zero-order chi connectivity index (χ0) is 30.1. The minimum absolute atomic E-state index is 0.0761. The second-order valence-corrected chi connectivity index (χ2v) is 14.0. The minimum atomic E-state index is -1.23. The predicted octanol–water partition coefficient (Wildman–Crippen LogP) is 3.33. The quantitative estimate of drug-likeness (QED) is 0.363. The summed E-state index contributed by atoms with van der Waals surface area (Å²) >= 11 is 0. The van der Waals surface area contributed by atoms with Crippen molar-refractivity contribution in [1.82, 2.24) is 0 Å². The van der Waals surface area contributed by atoms with E-state index in [9.17, 15) is 25.1 Å². The molecule has 0 bridgehead atoms. The van der Waals surface area contributed by atoms with E-state index in [0.717, 1.165) is 24.8 Å². The Morgan fingerprint density at radius 3 is 2.55 bits per heavy atom. The predicted molar refractivity (Wildman–Crippen MR) is 147 cm³/mol. The van der Waals surface area contributed by atoms with E-state index in [1.807, 2.05) is 6.92 Å². The first-order valence-corrected chi connectivity index (χ1v) is 15.6. The molecule has 6 rings (SSSR count). The second-order valence-electron chi connectivity index (χ2n) is 14.0. The molecule has 0 spiro atoms. The SMILES string of the molecule is COC1CC(OC2CCC3(C#N)C4CCC5(C)C(C6=CC(=O)OC6)CCC5(O)C4CCC3(O)C2)OC(C)C1OC(C)=O. The smallest absolute Gasteiger partial charge is 0.331 e. The van der Waals surface area contributed by atoms with Crippen LogP contribution in [0.25, 0.3) is 0 Å². The molecule has 4 saturated carbocycles. The van der Waals surface area contributed by atoms with Gasteiger partial charge in [-0.15, -0.1) is 0 Å². The van der Waals surface area contributed by atoms with Gasteiger partial charge in [0, 0.05) is 38.4 Å². The number of hydrogen-bond acceptors (Lipinski definition) is 10. The van der Waals surface area contributed by atoms with Crippen molar-refractivity contribution in [2.24, 2.45) is 28.6 Å². The minimum Gasteiger partial charge on any atom is -0.458 e. The van der Waals surface area contributed by atoms with Gasteiger partial charge in [0.15, 0.2) is 12.4 Å². The molecule has 0 radical (unpaired) electrons. The molecule has 2 heterocycles. The van der Waals surface area contributed by atoms with Crippen molar-refractivity contribution in [1.29, 1.82) is 5.26 Å². The number of carbonyl (C=O) groups is 2. The Morgan fingerprint density at radius 2 is 1.88 bits per heavy atom. The fourth-order valence-electron chi connectivity index (χ4n) is 10.3. The van der Waals surface area contributed by atoms with Gasteiger partial charge in [-0.1, -0.05) is 6.92 Å². The molecular formula is C32H45NO9. The fraction of sp³-hybridized carbons (Fsp3) is 0.844. The Kier molecular flexibility index (Phi) is 7.54. The maximum absolute atomic E-state index is 12.4. The van der Waals surface area contributed by atoms with Crippen LogP contribution >= 0.6 is 0 Å². The highest BCUT2D eigenvalue weighted by Gasteiger charge is 2.72. The van der Waals surface area contributed by atoms with Gasteiger partial charge < -0.3 is 33.9 Å². The van der Waals surface area contributed by atoms with Crippen LogP contribution in [-0.4, -0.2) is 77.8 Å². The zero-order valence-electron chi connectivity index (χ0n) is 25.2. The molecule has 4 aliphatic carbocycles. The summed E-state index contributed by atoms with van der Waals surface area (Å²) in [5.74, 6) is -0.844. The number of fused-ring (bicyclic) bond motifs is 5. The largest absolute Gasteiger partial charge is 0.458 e. The third kappa shape index (κ3) is 4.37. The molecule has 10 nitrogen and oxygen atoms in total. The Balaban J connectivity index is 1.18. The van der Waals surface area contributed by atoms with Crippen LogP contribution in [0.2, 0.25) is 0 Å². The van der Waals surface area contributed by atoms with Crippen LogP contribution in [-0.2, 0) is 33.3 Å². The van der Waals surface area contributed by atoms with Crippen LogP contribution in [0.3, 0.4) is 0 Å². The van der Waals surface area contributed by atoms with E-state index in [1.54, 1.807) is 13.2 Å². The van der Waals surface area contributed by atoms with E-state index < -0.39 is 46.5 Å². The van der Waals surface area contributed by atoms with Crippen molar-refractivity contribution in [3.8, 4) is 6.07 Å². The number of carbonyl (C=O) groups excluding carboxylic acids is 2. The van der Waals surface area contributed by atoms with Gasteiger partial charge in [-0.3, -0.25) is 4.79 Å². The van der Waals surface area contributed by atoms with Gasteiger partial charge in [-0.05, 0) is 81.6 Å². The first-order chi connectivity index (χ1) is 19.9. The van der Waals surface area contributed by atoms with Crippen molar-refractivity contribution in [2.45, 2.75) is 127 Å². The van der Waals surface area contributed by atoms with Gasteiger partial charge in [-0.2, -0.15) is 5.26 Å². The standard InChI is InChI=1S/C32H45NO9/c1-18-28(41-19(2)34)25(38-4)14-27(40-18)42-21-5-10-30(17-33)23-6-9-29(3)22(20-13-26(35)39-16-20)8-12-32(29,37)24(23)7-11-31(30,36)15-21/h13,18,21-25,27-28,36-37H,5-12,14-16H2,1-4H3. The molecule has 12 unspecified atom stereocenters. The van der Waals surface area contributed by atoms with Crippen LogP contribution in [0.5, 0.6) is 0 Å².